The van der Waals surface area contributed by atoms with Gasteiger partial charge in [-0.3, -0.25) is 9.78 Å². The number of ether oxygens (including phenoxy) is 1. The molecule has 3 rings (SSSR count). The highest BCUT2D eigenvalue weighted by Crippen LogP contribution is 2.25. The summed E-state index contributed by atoms with van der Waals surface area (Å²) in [4.78, 5) is 21.3. The molecule has 0 amide bonds. The van der Waals surface area contributed by atoms with Crippen molar-refractivity contribution in [2.24, 2.45) is 0 Å². The maximum atomic E-state index is 11.7. The van der Waals surface area contributed by atoms with Crippen molar-refractivity contribution in [3.05, 3.63) is 46.0 Å². The van der Waals surface area contributed by atoms with Gasteiger partial charge in [0, 0.05) is 11.3 Å². The third-order valence-electron chi connectivity index (χ3n) is 2.85. The van der Waals surface area contributed by atoms with Crippen LogP contribution in [0.4, 0.5) is 0 Å². The maximum absolute atomic E-state index is 11.7. The molecule has 0 bridgehead atoms. The number of H-pyrrole nitrogens is 2. The Balaban J connectivity index is 2.20. The molecule has 2 aromatic heterocycles. The Bertz CT molecular complexity index is 807. The fourth-order valence-electron chi connectivity index (χ4n) is 1.94. The number of nitrogens with one attached hydrogen (secondary N) is 2. The number of hydrogen-bond donors (Lipinski definition) is 2. The summed E-state index contributed by atoms with van der Waals surface area (Å²) in [6.07, 6.45) is 0. The molecule has 0 unspecified atom stereocenters. The van der Waals surface area contributed by atoms with E-state index in [1.165, 1.54) is 0 Å². The van der Waals surface area contributed by atoms with Gasteiger partial charge in [-0.05, 0) is 29.8 Å². The van der Waals surface area contributed by atoms with Crippen molar-refractivity contribution in [2.45, 2.75) is 0 Å². The molecule has 96 valence electrons. The zero-order valence-electron chi connectivity index (χ0n) is 10.0. The van der Waals surface area contributed by atoms with Gasteiger partial charge in [0.25, 0.3) is 5.56 Å². The van der Waals surface area contributed by atoms with Crippen molar-refractivity contribution >= 4 is 22.6 Å². The van der Waals surface area contributed by atoms with Crippen molar-refractivity contribution in [2.75, 3.05) is 7.11 Å². The van der Waals surface area contributed by atoms with Crippen molar-refractivity contribution in [3.8, 4) is 17.0 Å². The topological polar surface area (TPSA) is 70.8 Å². The van der Waals surface area contributed by atoms with Crippen LogP contribution in [0, 0.1) is 0 Å². The number of nitrogens with zero attached hydrogens (tertiary/aromatic N) is 1. The fraction of sp³-hybridized carbons (Fsp3) is 0.0769. The summed E-state index contributed by atoms with van der Waals surface area (Å²) in [6, 6.07) is 9.27. The van der Waals surface area contributed by atoms with Crippen LogP contribution in [-0.2, 0) is 0 Å². The average molecular weight is 276 g/mol. The van der Waals surface area contributed by atoms with Crippen LogP contribution in [0.5, 0.6) is 5.75 Å². The molecule has 0 saturated heterocycles. The Hall–Kier alpha value is -2.27. The van der Waals surface area contributed by atoms with Crippen LogP contribution in [-0.4, -0.2) is 22.1 Å². The third-order valence-corrected chi connectivity index (χ3v) is 3.03. The number of aromatic nitrogens is 3. The van der Waals surface area contributed by atoms with Crippen LogP contribution >= 0.6 is 11.6 Å². The van der Waals surface area contributed by atoms with Crippen molar-refractivity contribution in [3.63, 3.8) is 0 Å². The molecule has 6 heteroatoms. The van der Waals surface area contributed by atoms with E-state index in [1.54, 1.807) is 13.2 Å². The molecule has 0 fully saturated rings. The number of hydrogen-bond acceptors (Lipinski definition) is 3. The second-order valence-corrected chi connectivity index (χ2v) is 4.39. The number of rotatable bonds is 2. The Labute approximate surface area is 113 Å². The second-order valence-electron chi connectivity index (χ2n) is 4.03. The van der Waals surface area contributed by atoms with E-state index in [2.05, 4.69) is 15.0 Å². The highest BCUT2D eigenvalue weighted by molar-refractivity contribution is 6.28. The first-order valence-electron chi connectivity index (χ1n) is 5.60. The predicted octanol–water partition coefficient (Wildman–Crippen LogP) is 2.58. The minimum atomic E-state index is -0.264. The average Bonchev–Trinajstić information content (AvgIpc) is 2.83. The normalized spacial score (nSPS) is 10.8. The minimum Gasteiger partial charge on any atom is -0.497 e. The Morgan fingerprint density at radius 3 is 2.89 bits per heavy atom. The van der Waals surface area contributed by atoms with Gasteiger partial charge in [-0.15, -0.1) is 0 Å². The fourth-order valence-corrected chi connectivity index (χ4v) is 2.11. The van der Waals surface area contributed by atoms with Gasteiger partial charge in [0.15, 0.2) is 0 Å². The lowest BCUT2D eigenvalue weighted by molar-refractivity contribution is 0.415. The van der Waals surface area contributed by atoms with Crippen LogP contribution < -0.4 is 10.3 Å². The predicted molar refractivity (Wildman–Crippen MR) is 73.7 cm³/mol. The largest absolute Gasteiger partial charge is 0.497 e. The minimum absolute atomic E-state index is 0.0662. The van der Waals surface area contributed by atoms with E-state index in [-0.39, 0.29) is 10.8 Å². The summed E-state index contributed by atoms with van der Waals surface area (Å²) in [6.45, 7) is 0. The molecular formula is C13H10ClN3O2. The van der Waals surface area contributed by atoms with E-state index >= 15 is 0 Å². The van der Waals surface area contributed by atoms with Crippen molar-refractivity contribution in [1.29, 1.82) is 0 Å². The highest BCUT2D eigenvalue weighted by atomic mass is 35.5. The van der Waals surface area contributed by atoms with Crippen LogP contribution in [0.3, 0.4) is 0 Å². The van der Waals surface area contributed by atoms with Crippen LogP contribution in [0.2, 0.25) is 5.28 Å². The summed E-state index contributed by atoms with van der Waals surface area (Å²) < 4.78 is 5.17. The van der Waals surface area contributed by atoms with Gasteiger partial charge in [0.2, 0.25) is 5.28 Å². The molecule has 1 aromatic carbocycles. The second kappa shape index (κ2) is 4.44. The van der Waals surface area contributed by atoms with Crippen molar-refractivity contribution < 1.29 is 4.74 Å². The summed E-state index contributed by atoms with van der Waals surface area (Å²) in [5.41, 5.74) is 1.90. The molecule has 0 saturated carbocycles. The van der Waals surface area contributed by atoms with Crippen molar-refractivity contribution in [1.82, 2.24) is 15.0 Å². The zero-order chi connectivity index (χ0) is 13.4. The molecule has 2 heterocycles. The molecule has 19 heavy (non-hydrogen) atoms. The van der Waals surface area contributed by atoms with Crippen LogP contribution in [0.25, 0.3) is 22.3 Å². The molecule has 3 aromatic rings. The van der Waals surface area contributed by atoms with Gasteiger partial charge in [0.05, 0.1) is 12.5 Å². The van der Waals surface area contributed by atoms with E-state index < -0.39 is 0 Å². The summed E-state index contributed by atoms with van der Waals surface area (Å²) in [5, 5.41) is 0.541. The molecule has 5 nitrogen and oxygen atoms in total. The zero-order valence-corrected chi connectivity index (χ0v) is 10.8. The number of benzene rings is 1. The first-order valence-corrected chi connectivity index (χ1v) is 5.98. The van der Waals surface area contributed by atoms with E-state index in [4.69, 9.17) is 16.3 Å². The summed E-state index contributed by atoms with van der Waals surface area (Å²) in [5.74, 6) is 0.746. The van der Waals surface area contributed by atoms with Gasteiger partial charge in [0.1, 0.15) is 11.4 Å². The van der Waals surface area contributed by atoms with Crippen LogP contribution in [0.15, 0.2) is 35.1 Å². The van der Waals surface area contributed by atoms with E-state index in [1.807, 2.05) is 24.3 Å². The number of aromatic amines is 2. The molecule has 0 aliphatic rings. The van der Waals surface area contributed by atoms with Gasteiger partial charge < -0.3 is 9.72 Å². The molecule has 0 atom stereocenters. The summed E-state index contributed by atoms with van der Waals surface area (Å²) in [7, 11) is 1.61. The lowest BCUT2D eigenvalue weighted by atomic mass is 10.1. The Morgan fingerprint density at radius 2 is 2.11 bits per heavy atom. The quantitative estimate of drug-likeness (QED) is 0.706. The molecule has 0 spiro atoms. The maximum Gasteiger partial charge on any atom is 0.261 e. The monoisotopic (exact) mass is 275 g/mol. The molecule has 0 aliphatic heterocycles. The number of halogens is 1. The first-order chi connectivity index (χ1) is 9.17. The van der Waals surface area contributed by atoms with Crippen LogP contribution in [0.1, 0.15) is 0 Å². The lowest BCUT2D eigenvalue weighted by Gasteiger charge is -2.01. The molecule has 0 aliphatic carbocycles. The summed E-state index contributed by atoms with van der Waals surface area (Å²) >= 11 is 5.72. The smallest absolute Gasteiger partial charge is 0.261 e. The van der Waals surface area contributed by atoms with Gasteiger partial charge in [-0.2, -0.15) is 0 Å². The van der Waals surface area contributed by atoms with Gasteiger partial charge in [-0.25, -0.2) is 4.98 Å². The molecule has 0 radical (unpaired) electrons. The molecular weight excluding hydrogens is 266 g/mol. The van der Waals surface area contributed by atoms with Gasteiger partial charge in [-0.1, -0.05) is 12.1 Å². The van der Waals surface area contributed by atoms with E-state index in [0.717, 1.165) is 17.0 Å². The SMILES string of the molecule is COc1cccc(-c2cc3c(=O)[nH]c(Cl)nc3[nH]2)c1. The highest BCUT2D eigenvalue weighted by Gasteiger charge is 2.09. The number of methoxy groups -OCH3 is 1. The first kappa shape index (κ1) is 11.8. The van der Waals surface area contributed by atoms with Gasteiger partial charge >= 0.3 is 0 Å². The lowest BCUT2D eigenvalue weighted by Crippen LogP contribution is -2.06. The van der Waals surface area contributed by atoms with E-state index in [0.29, 0.717) is 11.0 Å². The Morgan fingerprint density at radius 1 is 1.26 bits per heavy atom. The Kier molecular flexibility index (Phi) is 2.76. The third kappa shape index (κ3) is 2.08. The van der Waals surface area contributed by atoms with E-state index in [9.17, 15) is 4.79 Å². The number of fused-ring (bicyclic) bond motifs is 1. The molecule has 2 N–H and O–H groups in total. The standard InChI is InChI=1S/C13H10ClN3O2/c1-19-8-4-2-3-7(5-8)10-6-9-11(15-10)16-13(14)17-12(9)18/h2-6H,1H3,(H2,15,16,17,18).